The molecule has 0 aliphatic rings. The number of hydrogen-bond donors (Lipinski definition) is 1. The van der Waals surface area contributed by atoms with Crippen LogP contribution in [-0.4, -0.2) is 13.1 Å². The van der Waals surface area contributed by atoms with Gasteiger partial charge in [0.2, 0.25) is 0 Å². The number of benzene rings is 2. The van der Waals surface area contributed by atoms with Crippen LogP contribution >= 0.6 is 11.6 Å². The summed E-state index contributed by atoms with van der Waals surface area (Å²) in [6.45, 7) is -0.0533. The van der Waals surface area contributed by atoms with Gasteiger partial charge in [-0.2, -0.15) is 0 Å². The van der Waals surface area contributed by atoms with E-state index in [1.54, 1.807) is 6.07 Å². The third kappa shape index (κ3) is 3.64. The van der Waals surface area contributed by atoms with Crippen molar-refractivity contribution in [1.82, 2.24) is 0 Å². The topological polar surface area (TPSA) is 61.5 Å². The van der Waals surface area contributed by atoms with Crippen molar-refractivity contribution in [2.75, 3.05) is 12.8 Å². The molecule has 2 rings (SSSR count). The summed E-state index contributed by atoms with van der Waals surface area (Å²) >= 11 is 5.77. The number of halogens is 2. The van der Waals surface area contributed by atoms with Crippen LogP contribution in [0.1, 0.15) is 15.9 Å². The van der Waals surface area contributed by atoms with E-state index in [1.165, 1.54) is 37.4 Å². The Bertz CT molecular complexity index is 676. The van der Waals surface area contributed by atoms with Crippen molar-refractivity contribution in [2.24, 2.45) is 0 Å². The first-order chi connectivity index (χ1) is 10.0. The van der Waals surface area contributed by atoms with Crippen molar-refractivity contribution >= 4 is 23.3 Å². The zero-order valence-electron chi connectivity index (χ0n) is 11.2. The molecule has 2 N–H and O–H groups in total. The predicted octanol–water partition coefficient (Wildman–Crippen LogP) is 3.43. The van der Waals surface area contributed by atoms with Gasteiger partial charge in [-0.3, -0.25) is 0 Å². The number of anilines is 1. The van der Waals surface area contributed by atoms with Gasteiger partial charge in [0.1, 0.15) is 6.61 Å². The Morgan fingerprint density at radius 3 is 2.67 bits per heavy atom. The van der Waals surface area contributed by atoms with E-state index in [0.717, 1.165) is 0 Å². The van der Waals surface area contributed by atoms with E-state index in [2.05, 4.69) is 0 Å². The van der Waals surface area contributed by atoms with Crippen LogP contribution in [0.5, 0.6) is 5.75 Å². The molecule has 0 spiro atoms. The Kier molecular flexibility index (Phi) is 4.65. The number of esters is 1. The third-order valence-corrected chi connectivity index (χ3v) is 3.16. The summed E-state index contributed by atoms with van der Waals surface area (Å²) in [4.78, 5) is 11.9. The van der Waals surface area contributed by atoms with E-state index < -0.39 is 11.8 Å². The molecular weight excluding hydrogens is 297 g/mol. The molecule has 21 heavy (non-hydrogen) atoms. The fraction of sp³-hybridized carbons (Fsp3) is 0.133. The lowest BCUT2D eigenvalue weighted by molar-refractivity contribution is 0.0472. The maximum atomic E-state index is 13.5. The minimum absolute atomic E-state index is 0.0533. The van der Waals surface area contributed by atoms with Gasteiger partial charge in [-0.05, 0) is 35.9 Å². The molecule has 0 radical (unpaired) electrons. The quantitative estimate of drug-likeness (QED) is 0.694. The molecule has 0 unspecified atom stereocenters. The highest BCUT2D eigenvalue weighted by Gasteiger charge is 2.10. The number of carbonyl (C=O) groups is 1. The molecule has 0 aliphatic heterocycles. The first kappa shape index (κ1) is 15.1. The van der Waals surface area contributed by atoms with E-state index in [1.807, 2.05) is 0 Å². The highest BCUT2D eigenvalue weighted by atomic mass is 35.5. The van der Waals surface area contributed by atoms with Crippen LogP contribution < -0.4 is 10.5 Å². The molecule has 0 atom stereocenters. The van der Waals surface area contributed by atoms with E-state index >= 15 is 0 Å². The van der Waals surface area contributed by atoms with E-state index in [0.29, 0.717) is 16.3 Å². The number of hydrogen-bond acceptors (Lipinski definition) is 4. The standard InChI is InChI=1S/C15H13ClFNO3/c1-20-14-5-2-9(6-12(14)17)8-21-15(19)10-3-4-11(16)13(18)7-10/h2-7H,8,18H2,1H3. The fourth-order valence-electron chi connectivity index (χ4n) is 1.70. The molecule has 0 aliphatic carbocycles. The average Bonchev–Trinajstić information content (AvgIpc) is 2.47. The SMILES string of the molecule is COc1ccc(COC(=O)c2ccc(Cl)c(N)c2)cc1F. The number of nitrogens with two attached hydrogens (primary N) is 1. The Balaban J connectivity index is 2.03. The first-order valence-corrected chi connectivity index (χ1v) is 6.43. The fourth-order valence-corrected chi connectivity index (χ4v) is 1.82. The van der Waals surface area contributed by atoms with Gasteiger partial charge in [-0.1, -0.05) is 17.7 Å². The van der Waals surface area contributed by atoms with Crippen molar-refractivity contribution in [3.63, 3.8) is 0 Å². The molecule has 0 saturated carbocycles. The van der Waals surface area contributed by atoms with Gasteiger partial charge < -0.3 is 15.2 Å². The predicted molar refractivity (Wildman–Crippen MR) is 77.9 cm³/mol. The summed E-state index contributed by atoms with van der Waals surface area (Å²) in [5.74, 6) is -0.938. The lowest BCUT2D eigenvalue weighted by atomic mass is 10.2. The maximum Gasteiger partial charge on any atom is 0.338 e. The second kappa shape index (κ2) is 6.45. The van der Waals surface area contributed by atoms with Crippen molar-refractivity contribution in [1.29, 1.82) is 0 Å². The lowest BCUT2D eigenvalue weighted by Crippen LogP contribution is -2.06. The number of rotatable bonds is 4. The van der Waals surface area contributed by atoms with Crippen LogP contribution in [0.15, 0.2) is 36.4 Å². The Labute approximate surface area is 126 Å². The highest BCUT2D eigenvalue weighted by molar-refractivity contribution is 6.33. The molecule has 6 heteroatoms. The average molecular weight is 310 g/mol. The van der Waals surface area contributed by atoms with E-state index in [-0.39, 0.29) is 17.9 Å². The molecule has 0 fully saturated rings. The number of methoxy groups -OCH3 is 1. The van der Waals surface area contributed by atoms with Crippen LogP contribution in [0.3, 0.4) is 0 Å². The Morgan fingerprint density at radius 2 is 2.05 bits per heavy atom. The number of nitrogen functional groups attached to an aromatic ring is 1. The summed E-state index contributed by atoms with van der Waals surface area (Å²) in [6.07, 6.45) is 0. The van der Waals surface area contributed by atoms with Gasteiger partial charge in [0.05, 0.1) is 23.4 Å². The lowest BCUT2D eigenvalue weighted by Gasteiger charge is -2.08. The molecule has 0 aromatic heterocycles. The van der Waals surface area contributed by atoms with Crippen molar-refractivity contribution < 1.29 is 18.7 Å². The number of carbonyl (C=O) groups excluding carboxylic acids is 1. The summed E-state index contributed by atoms with van der Waals surface area (Å²) in [5.41, 5.74) is 6.71. The van der Waals surface area contributed by atoms with Crippen LogP contribution in [0.4, 0.5) is 10.1 Å². The summed E-state index contributed by atoms with van der Waals surface area (Å²) in [6, 6.07) is 8.79. The second-order valence-electron chi connectivity index (χ2n) is 4.28. The zero-order chi connectivity index (χ0) is 15.4. The summed E-state index contributed by atoms with van der Waals surface area (Å²) < 4.78 is 23.4. The van der Waals surface area contributed by atoms with Gasteiger partial charge in [-0.25, -0.2) is 9.18 Å². The van der Waals surface area contributed by atoms with Gasteiger partial charge in [0.25, 0.3) is 0 Å². The van der Waals surface area contributed by atoms with Gasteiger partial charge >= 0.3 is 5.97 Å². The normalized spacial score (nSPS) is 10.2. The largest absolute Gasteiger partial charge is 0.494 e. The molecule has 2 aromatic carbocycles. The van der Waals surface area contributed by atoms with Gasteiger partial charge in [-0.15, -0.1) is 0 Å². The summed E-state index contributed by atoms with van der Waals surface area (Å²) in [5, 5.41) is 0.365. The minimum Gasteiger partial charge on any atom is -0.494 e. The zero-order valence-corrected chi connectivity index (χ0v) is 12.0. The maximum absolute atomic E-state index is 13.5. The number of ether oxygens (including phenoxy) is 2. The molecule has 0 saturated heterocycles. The Hall–Kier alpha value is -2.27. The van der Waals surface area contributed by atoms with Crippen LogP contribution in [0.2, 0.25) is 5.02 Å². The Morgan fingerprint density at radius 1 is 1.29 bits per heavy atom. The summed E-state index contributed by atoms with van der Waals surface area (Å²) in [7, 11) is 1.38. The smallest absolute Gasteiger partial charge is 0.338 e. The molecule has 2 aromatic rings. The van der Waals surface area contributed by atoms with Crippen molar-refractivity contribution in [3.8, 4) is 5.75 Å². The van der Waals surface area contributed by atoms with E-state index in [4.69, 9.17) is 26.8 Å². The molecule has 0 heterocycles. The molecule has 0 bridgehead atoms. The first-order valence-electron chi connectivity index (χ1n) is 6.06. The van der Waals surface area contributed by atoms with Gasteiger partial charge in [0.15, 0.2) is 11.6 Å². The third-order valence-electron chi connectivity index (χ3n) is 2.82. The monoisotopic (exact) mass is 309 g/mol. The van der Waals surface area contributed by atoms with Gasteiger partial charge in [0, 0.05) is 0 Å². The second-order valence-corrected chi connectivity index (χ2v) is 4.69. The molecule has 4 nitrogen and oxygen atoms in total. The van der Waals surface area contributed by atoms with Crippen molar-refractivity contribution in [3.05, 3.63) is 58.4 Å². The van der Waals surface area contributed by atoms with E-state index in [9.17, 15) is 9.18 Å². The molecule has 0 amide bonds. The minimum atomic E-state index is -0.561. The molecular formula is C15H13ClFNO3. The highest BCUT2D eigenvalue weighted by Crippen LogP contribution is 2.21. The van der Waals surface area contributed by atoms with Crippen LogP contribution in [0, 0.1) is 5.82 Å². The van der Waals surface area contributed by atoms with Crippen LogP contribution in [0.25, 0.3) is 0 Å². The van der Waals surface area contributed by atoms with Crippen molar-refractivity contribution in [2.45, 2.75) is 6.61 Å². The molecule has 110 valence electrons. The van der Waals surface area contributed by atoms with Crippen LogP contribution in [-0.2, 0) is 11.3 Å².